The molecule has 4 heteroatoms. The van der Waals surface area contributed by atoms with Crippen molar-refractivity contribution in [1.82, 2.24) is 14.4 Å². The van der Waals surface area contributed by atoms with Gasteiger partial charge in [0.25, 0.3) is 0 Å². The highest BCUT2D eigenvalue weighted by Gasteiger charge is 2.19. The Morgan fingerprint density at radius 2 is 1.73 bits per heavy atom. The van der Waals surface area contributed by atoms with E-state index in [1.54, 1.807) is 0 Å². The van der Waals surface area contributed by atoms with Crippen LogP contribution in [-0.4, -0.2) is 65.3 Å². The highest BCUT2D eigenvalue weighted by molar-refractivity contribution is 5.85. The van der Waals surface area contributed by atoms with Crippen LogP contribution in [-0.2, 0) is 6.54 Å². The minimum atomic E-state index is -0.322. The van der Waals surface area contributed by atoms with E-state index in [9.17, 15) is 5.11 Å². The molecule has 4 nitrogen and oxygen atoms in total. The zero-order valence-corrected chi connectivity index (χ0v) is 13.9. The first kappa shape index (κ1) is 15.5. The minimum Gasteiger partial charge on any atom is -0.390 e. The second-order valence-electron chi connectivity index (χ2n) is 6.60. The summed E-state index contributed by atoms with van der Waals surface area (Å²) in [6.07, 6.45) is -0.322. The summed E-state index contributed by atoms with van der Waals surface area (Å²) >= 11 is 0. The molecule has 0 spiro atoms. The standard InChI is InChI=1S/C18H27N3O/c1-14-15(2)21(18-7-5-4-6-17(14)18)13-16(22)12-20-10-8-19(3)9-11-20/h4-7,16,22H,8-13H2,1-3H3/t16-/m0/s1. The van der Waals surface area contributed by atoms with Gasteiger partial charge in [0.15, 0.2) is 0 Å². The zero-order chi connectivity index (χ0) is 15.7. The number of fused-ring (bicyclic) bond motifs is 1. The molecular weight excluding hydrogens is 274 g/mol. The summed E-state index contributed by atoms with van der Waals surface area (Å²) in [5, 5.41) is 11.8. The van der Waals surface area contributed by atoms with Crippen LogP contribution >= 0.6 is 0 Å². The van der Waals surface area contributed by atoms with Gasteiger partial charge < -0.3 is 14.6 Å². The molecule has 1 aromatic heterocycles. The molecule has 1 saturated heterocycles. The van der Waals surface area contributed by atoms with Crippen LogP contribution in [0.25, 0.3) is 10.9 Å². The SMILES string of the molecule is Cc1c(C)n(C[C@@H](O)CN2CCN(C)CC2)c2ccccc12. The van der Waals surface area contributed by atoms with E-state index in [4.69, 9.17) is 0 Å². The van der Waals surface area contributed by atoms with E-state index < -0.39 is 0 Å². The number of aliphatic hydroxyl groups excluding tert-OH is 1. The first-order valence-electron chi connectivity index (χ1n) is 8.19. The number of nitrogens with zero attached hydrogens (tertiary/aromatic N) is 3. The van der Waals surface area contributed by atoms with Crippen molar-refractivity contribution in [2.45, 2.75) is 26.5 Å². The highest BCUT2D eigenvalue weighted by Crippen LogP contribution is 2.25. The number of aliphatic hydroxyl groups is 1. The third-order valence-electron chi connectivity index (χ3n) is 5.00. The molecule has 120 valence electrons. The number of aromatic nitrogens is 1. The molecule has 0 unspecified atom stereocenters. The highest BCUT2D eigenvalue weighted by atomic mass is 16.3. The van der Waals surface area contributed by atoms with Gasteiger partial charge in [-0.05, 0) is 32.5 Å². The van der Waals surface area contributed by atoms with Gasteiger partial charge in [0, 0.05) is 49.3 Å². The molecule has 0 radical (unpaired) electrons. The van der Waals surface area contributed by atoms with Gasteiger partial charge in [-0.15, -0.1) is 0 Å². The van der Waals surface area contributed by atoms with Crippen LogP contribution in [0.5, 0.6) is 0 Å². The fourth-order valence-corrected chi connectivity index (χ4v) is 3.44. The van der Waals surface area contributed by atoms with Crippen LogP contribution in [0.1, 0.15) is 11.3 Å². The fraction of sp³-hybridized carbons (Fsp3) is 0.556. The molecule has 1 aliphatic rings. The van der Waals surface area contributed by atoms with Crippen LogP contribution in [0.15, 0.2) is 24.3 Å². The van der Waals surface area contributed by atoms with E-state index >= 15 is 0 Å². The number of piperazine rings is 1. The number of β-amino-alcohol motifs (C(OH)–C–C–N with tert-alkyl or cyclic N) is 1. The normalized spacial score (nSPS) is 18.9. The average Bonchev–Trinajstić information content (AvgIpc) is 2.75. The number of para-hydroxylation sites is 1. The van der Waals surface area contributed by atoms with Crippen molar-refractivity contribution >= 4 is 10.9 Å². The van der Waals surface area contributed by atoms with E-state index in [1.165, 1.54) is 22.2 Å². The molecule has 1 fully saturated rings. The van der Waals surface area contributed by atoms with Crippen molar-refractivity contribution in [3.8, 4) is 0 Å². The van der Waals surface area contributed by atoms with Crippen LogP contribution in [0.2, 0.25) is 0 Å². The quantitative estimate of drug-likeness (QED) is 0.935. The summed E-state index contributed by atoms with van der Waals surface area (Å²) in [5.74, 6) is 0. The molecule has 1 atom stereocenters. The summed E-state index contributed by atoms with van der Waals surface area (Å²) in [4.78, 5) is 4.72. The molecular formula is C18H27N3O. The number of hydrogen-bond acceptors (Lipinski definition) is 3. The maximum absolute atomic E-state index is 10.5. The maximum Gasteiger partial charge on any atom is 0.0845 e. The van der Waals surface area contributed by atoms with Gasteiger partial charge in [-0.2, -0.15) is 0 Å². The largest absolute Gasteiger partial charge is 0.390 e. The third-order valence-corrected chi connectivity index (χ3v) is 5.00. The fourth-order valence-electron chi connectivity index (χ4n) is 3.44. The molecule has 0 saturated carbocycles. The summed E-state index contributed by atoms with van der Waals surface area (Å²) in [5.41, 5.74) is 3.82. The van der Waals surface area contributed by atoms with Crippen LogP contribution in [0.4, 0.5) is 0 Å². The lowest BCUT2D eigenvalue weighted by atomic mass is 10.2. The van der Waals surface area contributed by atoms with E-state index in [2.05, 4.69) is 59.5 Å². The number of aryl methyl sites for hydroxylation is 1. The van der Waals surface area contributed by atoms with Gasteiger partial charge in [-0.3, -0.25) is 4.90 Å². The molecule has 2 aromatic rings. The molecule has 1 aliphatic heterocycles. The predicted octanol–water partition coefficient (Wildman–Crippen LogP) is 1.87. The van der Waals surface area contributed by atoms with Gasteiger partial charge >= 0.3 is 0 Å². The average molecular weight is 301 g/mol. The van der Waals surface area contributed by atoms with Crippen LogP contribution < -0.4 is 0 Å². The van der Waals surface area contributed by atoms with Gasteiger partial charge in [0.05, 0.1) is 12.6 Å². The molecule has 2 heterocycles. The van der Waals surface area contributed by atoms with Crippen molar-refractivity contribution in [2.75, 3.05) is 39.8 Å². The summed E-state index contributed by atoms with van der Waals surface area (Å²) in [6.45, 7) is 10.1. The van der Waals surface area contributed by atoms with Gasteiger partial charge in [0.2, 0.25) is 0 Å². The van der Waals surface area contributed by atoms with Gasteiger partial charge in [-0.25, -0.2) is 0 Å². The molecule has 1 N–H and O–H groups in total. The summed E-state index contributed by atoms with van der Waals surface area (Å²) in [7, 11) is 2.16. The Kier molecular flexibility index (Phi) is 4.52. The molecule has 0 amide bonds. The molecule has 3 rings (SSSR count). The van der Waals surface area contributed by atoms with E-state index in [0.717, 1.165) is 32.7 Å². The van der Waals surface area contributed by atoms with Gasteiger partial charge in [0.1, 0.15) is 0 Å². The third kappa shape index (κ3) is 3.05. The first-order chi connectivity index (χ1) is 10.6. The van der Waals surface area contributed by atoms with Crippen molar-refractivity contribution in [3.63, 3.8) is 0 Å². The summed E-state index contributed by atoms with van der Waals surface area (Å²) < 4.78 is 2.27. The summed E-state index contributed by atoms with van der Waals surface area (Å²) in [6, 6.07) is 8.48. The Morgan fingerprint density at radius 1 is 1.05 bits per heavy atom. The maximum atomic E-state index is 10.5. The van der Waals surface area contributed by atoms with Crippen LogP contribution in [0.3, 0.4) is 0 Å². The Morgan fingerprint density at radius 3 is 2.45 bits per heavy atom. The van der Waals surface area contributed by atoms with E-state index in [1.807, 2.05) is 0 Å². The van der Waals surface area contributed by atoms with Crippen LogP contribution in [0, 0.1) is 13.8 Å². The Bertz CT molecular complexity index is 641. The lowest BCUT2D eigenvalue weighted by Crippen LogP contribution is -2.47. The topological polar surface area (TPSA) is 31.6 Å². The number of rotatable bonds is 4. The number of likely N-dealkylation sites (N-methyl/N-ethyl adjacent to an activating group) is 1. The number of hydrogen-bond donors (Lipinski definition) is 1. The lowest BCUT2D eigenvalue weighted by molar-refractivity contribution is 0.0714. The van der Waals surface area contributed by atoms with Crippen molar-refractivity contribution < 1.29 is 5.11 Å². The van der Waals surface area contributed by atoms with Crippen molar-refractivity contribution in [3.05, 3.63) is 35.5 Å². The smallest absolute Gasteiger partial charge is 0.0845 e. The Balaban J connectivity index is 1.71. The van der Waals surface area contributed by atoms with E-state index in [0.29, 0.717) is 6.54 Å². The lowest BCUT2D eigenvalue weighted by Gasteiger charge is -2.33. The first-order valence-corrected chi connectivity index (χ1v) is 8.19. The molecule has 1 aromatic carbocycles. The molecule has 0 aliphatic carbocycles. The predicted molar refractivity (Wildman–Crippen MR) is 91.4 cm³/mol. The number of benzene rings is 1. The molecule has 0 bridgehead atoms. The zero-order valence-electron chi connectivity index (χ0n) is 13.9. The Hall–Kier alpha value is -1.36. The van der Waals surface area contributed by atoms with Gasteiger partial charge in [-0.1, -0.05) is 18.2 Å². The second-order valence-corrected chi connectivity index (χ2v) is 6.60. The Labute approximate surface area is 132 Å². The minimum absolute atomic E-state index is 0.322. The molecule has 22 heavy (non-hydrogen) atoms. The second kappa shape index (κ2) is 6.41. The van der Waals surface area contributed by atoms with E-state index in [-0.39, 0.29) is 6.10 Å². The van der Waals surface area contributed by atoms with Crippen molar-refractivity contribution in [1.29, 1.82) is 0 Å². The van der Waals surface area contributed by atoms with Crippen molar-refractivity contribution in [2.24, 2.45) is 0 Å². The monoisotopic (exact) mass is 301 g/mol.